The molecule has 0 aromatic heterocycles. The van der Waals surface area contributed by atoms with Gasteiger partial charge in [-0.2, -0.15) is 0 Å². The van der Waals surface area contributed by atoms with Gasteiger partial charge in [-0.3, -0.25) is 4.79 Å². The lowest BCUT2D eigenvalue weighted by molar-refractivity contribution is 0.112. The van der Waals surface area contributed by atoms with E-state index in [4.69, 9.17) is 0 Å². The van der Waals surface area contributed by atoms with Gasteiger partial charge in [0.05, 0.1) is 0 Å². The molecule has 0 aliphatic carbocycles. The van der Waals surface area contributed by atoms with Crippen LogP contribution in [0, 0.1) is 0 Å². The van der Waals surface area contributed by atoms with Crippen molar-refractivity contribution in [1.29, 1.82) is 0 Å². The summed E-state index contributed by atoms with van der Waals surface area (Å²) in [5.74, 6) is 0. The van der Waals surface area contributed by atoms with Crippen LogP contribution < -0.4 is 21.2 Å². The van der Waals surface area contributed by atoms with E-state index in [1.165, 1.54) is 21.2 Å². The van der Waals surface area contributed by atoms with Gasteiger partial charge in [0, 0.05) is 5.56 Å². The Bertz CT molecular complexity index is 1230. The van der Waals surface area contributed by atoms with Gasteiger partial charge in [-0.25, -0.2) is 0 Å². The fraction of sp³-hybridized carbons (Fsp3) is 0. The third kappa shape index (κ3) is 3.93. The molecule has 158 valence electrons. The van der Waals surface area contributed by atoms with Crippen molar-refractivity contribution in [1.82, 2.24) is 0 Å². The third-order valence-electron chi connectivity index (χ3n) is 6.07. The SMILES string of the molecule is O=Cc1ccc(-c2ccc([P+](c3ccccc3)(c3ccccc3)c3ccccc3)cc2)cc1. The van der Waals surface area contributed by atoms with Crippen LogP contribution in [0.15, 0.2) is 140 Å². The van der Waals surface area contributed by atoms with Gasteiger partial charge in [-0.05, 0) is 59.7 Å². The largest absolute Gasteiger partial charge is 0.298 e. The first-order valence-corrected chi connectivity index (χ1v) is 12.8. The van der Waals surface area contributed by atoms with Crippen LogP contribution in [-0.2, 0) is 0 Å². The highest BCUT2D eigenvalue weighted by Crippen LogP contribution is 2.54. The van der Waals surface area contributed by atoms with E-state index in [1.807, 2.05) is 24.3 Å². The van der Waals surface area contributed by atoms with Crippen molar-refractivity contribution >= 4 is 34.8 Å². The standard InChI is InChI=1S/C31H24OP/c32-24-25-16-18-26(19-17-25)27-20-22-31(23-21-27)33(28-10-4-1-5-11-28,29-12-6-2-7-13-29)30-14-8-3-9-15-30/h1-24H/q+1. The van der Waals surface area contributed by atoms with Gasteiger partial charge >= 0.3 is 0 Å². The molecule has 33 heavy (non-hydrogen) atoms. The molecule has 5 rings (SSSR count). The lowest BCUT2D eigenvalue weighted by atomic mass is 10.0. The Balaban J connectivity index is 1.73. The first-order valence-electron chi connectivity index (χ1n) is 11.0. The van der Waals surface area contributed by atoms with Crippen LogP contribution in [0.4, 0.5) is 0 Å². The maximum atomic E-state index is 11.0. The van der Waals surface area contributed by atoms with Crippen LogP contribution >= 0.6 is 7.26 Å². The van der Waals surface area contributed by atoms with E-state index in [1.54, 1.807) is 0 Å². The molecule has 0 atom stereocenters. The Kier molecular flexibility index (Phi) is 5.98. The molecule has 0 unspecified atom stereocenters. The highest BCUT2D eigenvalue weighted by molar-refractivity contribution is 8.01. The van der Waals surface area contributed by atoms with E-state index in [9.17, 15) is 4.79 Å². The van der Waals surface area contributed by atoms with Crippen molar-refractivity contribution in [3.05, 3.63) is 145 Å². The normalized spacial score (nSPS) is 11.2. The zero-order valence-corrected chi connectivity index (χ0v) is 19.1. The van der Waals surface area contributed by atoms with E-state index >= 15 is 0 Å². The van der Waals surface area contributed by atoms with Crippen molar-refractivity contribution in [2.75, 3.05) is 0 Å². The smallest absolute Gasteiger partial charge is 0.150 e. The summed E-state index contributed by atoms with van der Waals surface area (Å²) >= 11 is 0. The molecule has 0 aliphatic heterocycles. The van der Waals surface area contributed by atoms with Crippen LogP contribution in [-0.4, -0.2) is 6.29 Å². The predicted octanol–water partition coefficient (Wildman–Crippen LogP) is 5.79. The van der Waals surface area contributed by atoms with Crippen LogP contribution in [0.25, 0.3) is 11.1 Å². The maximum absolute atomic E-state index is 11.0. The monoisotopic (exact) mass is 443 g/mol. The summed E-state index contributed by atoms with van der Waals surface area (Å²) in [7, 11) is -2.08. The molecule has 0 aliphatic rings. The topological polar surface area (TPSA) is 17.1 Å². The summed E-state index contributed by atoms with van der Waals surface area (Å²) in [6, 6.07) is 49.4. The third-order valence-corrected chi connectivity index (χ3v) is 10.4. The van der Waals surface area contributed by atoms with Crippen molar-refractivity contribution in [2.45, 2.75) is 0 Å². The minimum atomic E-state index is -2.08. The van der Waals surface area contributed by atoms with Crippen LogP contribution in [0.2, 0.25) is 0 Å². The quantitative estimate of drug-likeness (QED) is 0.240. The molecule has 0 heterocycles. The second kappa shape index (κ2) is 9.36. The minimum Gasteiger partial charge on any atom is -0.298 e. The highest BCUT2D eigenvalue weighted by atomic mass is 31.2. The first-order chi connectivity index (χ1) is 16.3. The molecule has 0 saturated heterocycles. The summed E-state index contributed by atoms with van der Waals surface area (Å²) in [6.07, 6.45) is 0.880. The molecule has 1 nitrogen and oxygen atoms in total. The number of hydrogen-bond donors (Lipinski definition) is 0. The van der Waals surface area contributed by atoms with E-state index in [0.717, 1.165) is 17.4 Å². The maximum Gasteiger partial charge on any atom is 0.150 e. The summed E-state index contributed by atoms with van der Waals surface area (Å²) in [6.45, 7) is 0. The van der Waals surface area contributed by atoms with Gasteiger partial charge in [0.1, 0.15) is 34.8 Å². The number of hydrogen-bond acceptors (Lipinski definition) is 1. The van der Waals surface area contributed by atoms with E-state index in [0.29, 0.717) is 5.56 Å². The Morgan fingerprint density at radius 2 is 0.727 bits per heavy atom. The molecule has 5 aromatic rings. The van der Waals surface area contributed by atoms with Crippen molar-refractivity contribution in [3.8, 4) is 11.1 Å². The molecule has 5 aromatic carbocycles. The van der Waals surface area contributed by atoms with Crippen molar-refractivity contribution < 1.29 is 4.79 Å². The second-order valence-corrected chi connectivity index (χ2v) is 11.4. The zero-order valence-electron chi connectivity index (χ0n) is 18.2. The number of aldehydes is 1. The van der Waals surface area contributed by atoms with Gasteiger partial charge in [0.25, 0.3) is 0 Å². The predicted molar refractivity (Wildman–Crippen MR) is 142 cm³/mol. The summed E-state index contributed by atoms with van der Waals surface area (Å²) < 4.78 is 0. The molecule has 0 fully saturated rings. The van der Waals surface area contributed by atoms with E-state index in [-0.39, 0.29) is 0 Å². The number of benzene rings is 5. The molecule has 2 heteroatoms. The molecule has 0 spiro atoms. The van der Waals surface area contributed by atoms with Crippen molar-refractivity contribution in [2.24, 2.45) is 0 Å². The lowest BCUT2D eigenvalue weighted by Gasteiger charge is -2.27. The van der Waals surface area contributed by atoms with E-state index in [2.05, 4.69) is 115 Å². The van der Waals surface area contributed by atoms with E-state index < -0.39 is 7.26 Å². The van der Waals surface area contributed by atoms with Crippen LogP contribution in [0.5, 0.6) is 0 Å². The summed E-state index contributed by atoms with van der Waals surface area (Å²) in [5.41, 5.74) is 2.94. The molecule has 0 saturated carbocycles. The van der Waals surface area contributed by atoms with Gasteiger partial charge in [-0.1, -0.05) is 91.0 Å². The average Bonchev–Trinajstić information content (AvgIpc) is 2.91. The zero-order chi connectivity index (χ0) is 22.5. The number of carbonyl (C=O) groups is 1. The Labute approximate surface area is 195 Å². The molecule has 0 amide bonds. The van der Waals surface area contributed by atoms with Crippen LogP contribution in [0.1, 0.15) is 10.4 Å². The fourth-order valence-corrected chi connectivity index (χ4v) is 8.72. The molecule has 0 N–H and O–H groups in total. The number of rotatable bonds is 6. The van der Waals surface area contributed by atoms with Gasteiger partial charge in [0.2, 0.25) is 0 Å². The van der Waals surface area contributed by atoms with Crippen molar-refractivity contribution in [3.63, 3.8) is 0 Å². The Hall–Kier alpha value is -3.80. The summed E-state index contributed by atoms with van der Waals surface area (Å²) in [4.78, 5) is 11.0. The summed E-state index contributed by atoms with van der Waals surface area (Å²) in [5, 5.41) is 5.33. The molecule has 0 radical (unpaired) electrons. The molecule has 0 bridgehead atoms. The van der Waals surface area contributed by atoms with Gasteiger partial charge in [-0.15, -0.1) is 0 Å². The Morgan fingerprint density at radius 1 is 0.394 bits per heavy atom. The lowest BCUT2D eigenvalue weighted by Crippen LogP contribution is -2.38. The average molecular weight is 444 g/mol. The second-order valence-electron chi connectivity index (χ2n) is 7.96. The number of carbonyl (C=O) groups excluding carboxylic acids is 1. The van der Waals surface area contributed by atoms with Gasteiger partial charge < -0.3 is 0 Å². The first kappa shape index (κ1) is 21.1. The minimum absolute atomic E-state index is 0.692. The van der Waals surface area contributed by atoms with Gasteiger partial charge in [0.15, 0.2) is 0 Å². The fourth-order valence-electron chi connectivity index (χ4n) is 4.48. The molecular weight excluding hydrogens is 419 g/mol. The highest BCUT2D eigenvalue weighted by Gasteiger charge is 2.47. The molecular formula is C31H24OP+. The Morgan fingerprint density at radius 3 is 1.09 bits per heavy atom. The van der Waals surface area contributed by atoms with Crippen LogP contribution in [0.3, 0.4) is 0 Å².